The van der Waals surface area contributed by atoms with Crippen molar-refractivity contribution in [3.63, 3.8) is 0 Å². The SMILES string of the molecule is C/C(=C\C(=O)N[C@H]1CCc2cccc3c2N(C1=O)[C@H](C(=O)N[C@@H](CCC(N)=O)[C@@H](C)OCc1ccc(CCCCCOCCCc2ccc4c(c2)n(C)c(=O)n4C2CCC(=O)NC2=O)cc1)C3)c1ccc(C(F)(F)P(=O)(OCOC(=O)C(C)(C)C)OCOC(=O)C(C)(C)C)cc1. The van der Waals surface area contributed by atoms with Gasteiger partial charge in [0.1, 0.15) is 18.1 Å². The van der Waals surface area contributed by atoms with Crippen LogP contribution in [0, 0.1) is 10.8 Å². The van der Waals surface area contributed by atoms with Gasteiger partial charge in [-0.3, -0.25) is 71.3 Å². The monoisotopic (exact) mass is 1350 g/mol. The Bertz CT molecular complexity index is 3800. The lowest BCUT2D eigenvalue weighted by Crippen LogP contribution is -2.56. The lowest BCUT2D eigenvalue weighted by atomic mass is 9.98. The molecule has 4 heterocycles. The first-order valence-corrected chi connectivity index (χ1v) is 34.0. The average Bonchev–Trinajstić information content (AvgIpc) is 1.63. The Hall–Kier alpha value is -8.22. The minimum Gasteiger partial charge on any atom is -0.438 e. The highest BCUT2D eigenvalue weighted by Crippen LogP contribution is 2.67. The molecule has 23 nitrogen and oxygen atoms in total. The lowest BCUT2D eigenvalue weighted by molar-refractivity contribution is -0.163. The molecule has 3 aliphatic heterocycles. The van der Waals surface area contributed by atoms with E-state index >= 15 is 8.78 Å². The Morgan fingerprint density at radius 2 is 1.40 bits per heavy atom. The van der Waals surface area contributed by atoms with E-state index in [4.69, 9.17) is 33.7 Å². The Morgan fingerprint density at radius 3 is 2.04 bits per heavy atom. The zero-order valence-electron chi connectivity index (χ0n) is 55.9. The molecule has 6 amide bonds. The van der Waals surface area contributed by atoms with Crippen LogP contribution in [0.25, 0.3) is 16.6 Å². The zero-order valence-corrected chi connectivity index (χ0v) is 56.8. The van der Waals surface area contributed by atoms with Gasteiger partial charge in [-0.2, -0.15) is 8.78 Å². The van der Waals surface area contributed by atoms with E-state index < -0.39 is 115 Å². The predicted octanol–water partition coefficient (Wildman–Crippen LogP) is 9.20. The molecule has 1 aromatic heterocycles. The van der Waals surface area contributed by atoms with Crippen molar-refractivity contribution in [1.82, 2.24) is 25.1 Å². The molecule has 96 heavy (non-hydrogen) atoms. The number of unbranched alkanes of at least 4 members (excludes halogenated alkanes) is 2. The highest BCUT2D eigenvalue weighted by Gasteiger charge is 2.56. The van der Waals surface area contributed by atoms with Crippen molar-refractivity contribution in [3.05, 3.63) is 140 Å². The number of fused-ring (bicyclic) bond motifs is 1. The molecule has 0 bridgehead atoms. The van der Waals surface area contributed by atoms with E-state index in [-0.39, 0.29) is 56.7 Å². The van der Waals surface area contributed by atoms with Gasteiger partial charge in [0.05, 0.1) is 46.3 Å². The van der Waals surface area contributed by atoms with Gasteiger partial charge in [0.15, 0.2) is 0 Å². The van der Waals surface area contributed by atoms with Gasteiger partial charge in [-0.15, -0.1) is 0 Å². The van der Waals surface area contributed by atoms with Crippen LogP contribution in [0.15, 0.2) is 95.8 Å². The quantitative estimate of drug-likeness (QED) is 0.00802. The smallest absolute Gasteiger partial charge is 0.410 e. The molecule has 5 N–H and O–H groups in total. The summed E-state index contributed by atoms with van der Waals surface area (Å²) >= 11 is 0. The number of nitrogens with two attached hydrogens (primary N) is 1. The second kappa shape index (κ2) is 31.8. The number of imidazole rings is 1. The van der Waals surface area contributed by atoms with Crippen LogP contribution in [0.3, 0.4) is 0 Å². The first kappa shape index (κ1) is 73.6. The Kier molecular flexibility index (Phi) is 24.3. The molecule has 4 aromatic carbocycles. The largest absolute Gasteiger partial charge is 0.438 e. The van der Waals surface area contributed by atoms with Gasteiger partial charge in [0.2, 0.25) is 49.0 Å². The summed E-state index contributed by atoms with van der Waals surface area (Å²) in [7, 11) is -3.92. The third kappa shape index (κ3) is 18.3. The number of alkyl halides is 2. The summed E-state index contributed by atoms with van der Waals surface area (Å²) in [6, 6.07) is 20.3. The molecule has 0 spiro atoms. The third-order valence-corrected chi connectivity index (χ3v) is 19.1. The van der Waals surface area contributed by atoms with Crippen molar-refractivity contribution in [1.29, 1.82) is 0 Å². The number of carbonyl (C=O) groups excluding carboxylic acids is 8. The first-order chi connectivity index (χ1) is 45.4. The molecule has 5 aromatic rings. The number of ether oxygens (including phenoxy) is 4. The number of aryl methyl sites for hydroxylation is 4. The molecule has 0 radical (unpaired) electrons. The number of benzene rings is 4. The number of hydrogen-bond donors (Lipinski definition) is 4. The van der Waals surface area contributed by atoms with Crippen LogP contribution in [0.1, 0.15) is 158 Å². The summed E-state index contributed by atoms with van der Waals surface area (Å²) < 4.78 is 81.5. The van der Waals surface area contributed by atoms with E-state index in [0.717, 1.165) is 78.4 Å². The molecule has 1 unspecified atom stereocenters. The van der Waals surface area contributed by atoms with Crippen molar-refractivity contribution in [3.8, 4) is 0 Å². The summed E-state index contributed by atoms with van der Waals surface area (Å²) in [4.78, 5) is 119. The van der Waals surface area contributed by atoms with Crippen LogP contribution in [-0.2, 0) is 116 Å². The number of hydrogen-bond acceptors (Lipinski definition) is 16. The number of esters is 2. The lowest BCUT2D eigenvalue weighted by Gasteiger charge is -2.31. The first-order valence-electron chi connectivity index (χ1n) is 32.4. The van der Waals surface area contributed by atoms with Crippen molar-refractivity contribution >= 4 is 77.3 Å². The molecule has 0 aliphatic carbocycles. The normalized spacial score (nSPS) is 17.5. The number of allylic oxidation sites excluding steroid dienone is 1. The minimum atomic E-state index is -5.60. The van der Waals surface area contributed by atoms with E-state index in [1.54, 1.807) is 20.9 Å². The van der Waals surface area contributed by atoms with Crippen LogP contribution >= 0.6 is 7.60 Å². The van der Waals surface area contributed by atoms with Crippen LogP contribution in [0.2, 0.25) is 0 Å². The van der Waals surface area contributed by atoms with Gasteiger partial charge in [-0.25, -0.2) is 4.79 Å². The second-order valence-corrected chi connectivity index (χ2v) is 28.8. The number of primary amides is 1. The number of halogens is 2. The fraction of sp³-hybridized carbons (Fsp3) is 0.500. The van der Waals surface area contributed by atoms with Crippen molar-refractivity contribution in [2.75, 3.05) is 31.7 Å². The molecular weight excluding hydrogens is 1260 g/mol. The zero-order chi connectivity index (χ0) is 69.9. The number of para-hydroxylation sites is 1. The standard InChI is InChI=1S/C70H88F2N7O16P/c1-43(48-24-27-51(28-25-48)70(71,72)96(89,94-41-92-65(86)68(3,4)5)95-42-93-66(87)69(6,7)8)37-60(82)74-53-29-26-49-17-13-18-50-39-57(79(61(49)50)64(53)85)63(84)75-52(30-33-58(73)80)44(2)91-40-47-21-19-45(20-22-47)15-11-10-12-35-90-36-14-16-46-23-31-54-56(38-46)77(9)67(88)78(54)55-32-34-59(81)76-62(55)83/h13,17-25,27-28,31,37-38,44,52-53,55,57H,10-12,14-16,26,29-30,32-36,39-42H2,1-9H3,(H2,73,80)(H,74,82)(H,75,84)(H,76,81,83)/b43-37+/t44-,52+,53+,55?,57+/m1/s1. The van der Waals surface area contributed by atoms with Crippen LogP contribution in [0.4, 0.5) is 14.5 Å². The van der Waals surface area contributed by atoms with Gasteiger partial charge in [0, 0.05) is 51.2 Å². The summed E-state index contributed by atoms with van der Waals surface area (Å²) in [5.74, 6) is -4.73. The summed E-state index contributed by atoms with van der Waals surface area (Å²) in [6.07, 6.45) is 7.20. The van der Waals surface area contributed by atoms with Crippen molar-refractivity contribution in [2.45, 2.75) is 181 Å². The molecule has 3 aliphatic rings. The highest BCUT2D eigenvalue weighted by atomic mass is 31.2. The maximum atomic E-state index is 16.3. The number of nitrogens with zero attached hydrogens (tertiary/aromatic N) is 3. The van der Waals surface area contributed by atoms with Crippen LogP contribution in [0.5, 0.6) is 0 Å². The topological polar surface area (TPSA) is 301 Å². The predicted molar refractivity (Wildman–Crippen MR) is 353 cm³/mol. The molecule has 5 atom stereocenters. The molecule has 0 saturated carbocycles. The number of amides is 6. The number of carbonyl (C=O) groups is 8. The number of piperidine rings is 1. The molecule has 8 rings (SSSR count). The van der Waals surface area contributed by atoms with Crippen LogP contribution in [-0.4, -0.2) is 108 Å². The van der Waals surface area contributed by atoms with E-state index in [2.05, 4.69) is 28.1 Å². The number of rotatable bonds is 31. The highest BCUT2D eigenvalue weighted by molar-refractivity contribution is 7.54. The maximum absolute atomic E-state index is 16.3. The van der Waals surface area contributed by atoms with Gasteiger partial charge in [0.25, 0.3) is 0 Å². The molecule has 26 heteroatoms. The van der Waals surface area contributed by atoms with E-state index in [1.165, 1.54) is 79.3 Å². The van der Waals surface area contributed by atoms with Gasteiger partial charge in [-0.1, -0.05) is 79.2 Å². The van der Waals surface area contributed by atoms with E-state index in [9.17, 15) is 47.7 Å². The van der Waals surface area contributed by atoms with Gasteiger partial charge >= 0.3 is 30.9 Å². The van der Waals surface area contributed by atoms with Crippen LogP contribution < -0.4 is 32.3 Å². The number of imide groups is 1. The van der Waals surface area contributed by atoms with E-state index in [1.807, 2.05) is 48.5 Å². The van der Waals surface area contributed by atoms with Gasteiger partial charge < -0.3 is 35.3 Å². The average molecular weight is 1350 g/mol. The minimum absolute atomic E-state index is 0.0490. The summed E-state index contributed by atoms with van der Waals surface area (Å²) in [5, 5.41) is 8.20. The second-order valence-electron chi connectivity index (χ2n) is 26.7. The summed E-state index contributed by atoms with van der Waals surface area (Å²) in [5.41, 5.74) is 5.24. The number of anilines is 1. The maximum Gasteiger partial charge on any atom is 0.410 e. The molecule has 1 saturated heterocycles. The van der Waals surface area contributed by atoms with Crippen molar-refractivity contribution in [2.24, 2.45) is 23.6 Å². The molecular formula is C70H88F2N7O16P. The molecule has 1 fully saturated rings. The Balaban J connectivity index is 0.807. The summed E-state index contributed by atoms with van der Waals surface area (Å²) in [6.45, 7) is 11.5. The third-order valence-electron chi connectivity index (χ3n) is 17.3. The molecule has 518 valence electrons. The fourth-order valence-corrected chi connectivity index (χ4v) is 12.9. The van der Waals surface area contributed by atoms with E-state index in [0.29, 0.717) is 42.0 Å². The van der Waals surface area contributed by atoms with Gasteiger partial charge in [-0.05, 0) is 164 Å². The number of nitrogens with one attached hydrogen (secondary N) is 3. The fourth-order valence-electron chi connectivity index (χ4n) is 11.6. The Morgan fingerprint density at radius 1 is 0.771 bits per heavy atom. The number of aromatic nitrogens is 2. The Labute approximate surface area is 557 Å². The van der Waals surface area contributed by atoms with Crippen molar-refractivity contribution < 1.29 is 79.7 Å².